The SMILES string of the molecule is COc1cccc(C2CC2C(=O)N(C)c2ccc(OC)c(OC)c2)c1. The lowest BCUT2D eigenvalue weighted by Gasteiger charge is -2.19. The molecule has 1 fully saturated rings. The van der Waals surface area contributed by atoms with Gasteiger partial charge in [0.05, 0.1) is 21.3 Å². The van der Waals surface area contributed by atoms with Gasteiger partial charge in [0.25, 0.3) is 0 Å². The summed E-state index contributed by atoms with van der Waals surface area (Å²) in [5.74, 6) is 2.45. The molecule has 0 heterocycles. The van der Waals surface area contributed by atoms with E-state index in [2.05, 4.69) is 6.07 Å². The highest BCUT2D eigenvalue weighted by atomic mass is 16.5. The molecular weight excluding hydrogens is 318 g/mol. The van der Waals surface area contributed by atoms with Gasteiger partial charge in [-0.1, -0.05) is 12.1 Å². The summed E-state index contributed by atoms with van der Waals surface area (Å²) in [4.78, 5) is 14.5. The first kappa shape index (κ1) is 17.1. The Balaban J connectivity index is 1.73. The van der Waals surface area contributed by atoms with E-state index in [1.54, 1.807) is 33.3 Å². The fraction of sp³-hybridized carbons (Fsp3) is 0.350. The van der Waals surface area contributed by atoms with E-state index in [1.807, 2.05) is 36.4 Å². The zero-order valence-corrected chi connectivity index (χ0v) is 15.0. The average Bonchev–Trinajstić information content (AvgIpc) is 3.47. The number of methoxy groups -OCH3 is 3. The summed E-state index contributed by atoms with van der Waals surface area (Å²) < 4.78 is 15.8. The second kappa shape index (κ2) is 7.05. The second-order valence-electron chi connectivity index (χ2n) is 6.16. The number of hydrogen-bond acceptors (Lipinski definition) is 4. The van der Waals surface area contributed by atoms with Gasteiger partial charge in [-0.3, -0.25) is 4.79 Å². The number of ether oxygens (including phenoxy) is 3. The van der Waals surface area contributed by atoms with E-state index in [9.17, 15) is 4.79 Å². The smallest absolute Gasteiger partial charge is 0.230 e. The fourth-order valence-corrected chi connectivity index (χ4v) is 3.12. The van der Waals surface area contributed by atoms with E-state index in [-0.39, 0.29) is 17.7 Å². The molecule has 0 radical (unpaired) electrons. The Morgan fingerprint density at radius 2 is 1.76 bits per heavy atom. The van der Waals surface area contributed by atoms with Crippen molar-refractivity contribution >= 4 is 11.6 Å². The number of anilines is 1. The molecule has 0 aromatic heterocycles. The molecule has 0 bridgehead atoms. The largest absolute Gasteiger partial charge is 0.497 e. The molecule has 1 saturated carbocycles. The maximum absolute atomic E-state index is 12.8. The van der Waals surface area contributed by atoms with Crippen LogP contribution in [-0.4, -0.2) is 34.3 Å². The van der Waals surface area contributed by atoms with Crippen molar-refractivity contribution in [2.45, 2.75) is 12.3 Å². The maximum atomic E-state index is 12.8. The van der Waals surface area contributed by atoms with Gasteiger partial charge in [-0.25, -0.2) is 0 Å². The summed E-state index contributed by atoms with van der Waals surface area (Å²) in [6.07, 6.45) is 0.865. The van der Waals surface area contributed by atoms with E-state index in [1.165, 1.54) is 0 Å². The predicted octanol–water partition coefficient (Wildman–Crippen LogP) is 3.48. The number of benzene rings is 2. The molecule has 0 saturated heterocycles. The molecule has 2 atom stereocenters. The van der Waals surface area contributed by atoms with Crippen LogP contribution in [0.4, 0.5) is 5.69 Å². The molecule has 2 aromatic rings. The molecule has 1 aliphatic rings. The van der Waals surface area contributed by atoms with E-state index >= 15 is 0 Å². The van der Waals surface area contributed by atoms with Crippen LogP contribution in [-0.2, 0) is 4.79 Å². The Bertz CT molecular complexity index is 774. The minimum atomic E-state index is 0.00482. The first-order valence-corrected chi connectivity index (χ1v) is 8.22. The summed E-state index contributed by atoms with van der Waals surface area (Å²) in [5.41, 5.74) is 1.94. The fourth-order valence-electron chi connectivity index (χ4n) is 3.12. The normalized spacial score (nSPS) is 18.4. The van der Waals surface area contributed by atoms with Crippen molar-refractivity contribution < 1.29 is 19.0 Å². The van der Waals surface area contributed by atoms with E-state index in [0.29, 0.717) is 11.5 Å². The molecule has 0 aliphatic heterocycles. The van der Waals surface area contributed by atoms with Gasteiger partial charge in [0.1, 0.15) is 5.75 Å². The Morgan fingerprint density at radius 1 is 1.00 bits per heavy atom. The average molecular weight is 341 g/mol. The van der Waals surface area contributed by atoms with Crippen molar-refractivity contribution in [2.24, 2.45) is 5.92 Å². The minimum absolute atomic E-state index is 0.00482. The van der Waals surface area contributed by atoms with Gasteiger partial charge in [0, 0.05) is 24.7 Å². The highest BCUT2D eigenvalue weighted by molar-refractivity contribution is 5.97. The third kappa shape index (κ3) is 3.40. The highest BCUT2D eigenvalue weighted by Crippen LogP contribution is 2.49. The quantitative estimate of drug-likeness (QED) is 0.807. The van der Waals surface area contributed by atoms with Crippen LogP contribution in [0.15, 0.2) is 42.5 Å². The zero-order chi connectivity index (χ0) is 18.0. The van der Waals surface area contributed by atoms with Crippen molar-refractivity contribution in [2.75, 3.05) is 33.3 Å². The third-order valence-electron chi connectivity index (χ3n) is 4.71. The second-order valence-corrected chi connectivity index (χ2v) is 6.16. The van der Waals surface area contributed by atoms with Crippen LogP contribution in [0.1, 0.15) is 17.9 Å². The molecular formula is C20H23NO4. The van der Waals surface area contributed by atoms with Gasteiger partial charge in [-0.05, 0) is 42.2 Å². The lowest BCUT2D eigenvalue weighted by Crippen LogP contribution is -2.28. The highest BCUT2D eigenvalue weighted by Gasteiger charge is 2.45. The van der Waals surface area contributed by atoms with Gasteiger partial charge in [0.2, 0.25) is 5.91 Å². The lowest BCUT2D eigenvalue weighted by atomic mass is 10.1. The van der Waals surface area contributed by atoms with Crippen LogP contribution < -0.4 is 19.1 Å². The molecule has 5 heteroatoms. The number of rotatable bonds is 6. The van der Waals surface area contributed by atoms with Crippen LogP contribution in [0.25, 0.3) is 0 Å². The van der Waals surface area contributed by atoms with Crippen LogP contribution in [0.5, 0.6) is 17.2 Å². The van der Waals surface area contributed by atoms with Gasteiger partial charge >= 0.3 is 0 Å². The van der Waals surface area contributed by atoms with Crippen molar-refractivity contribution in [3.63, 3.8) is 0 Å². The molecule has 132 valence electrons. The molecule has 2 aromatic carbocycles. The zero-order valence-electron chi connectivity index (χ0n) is 15.0. The lowest BCUT2D eigenvalue weighted by molar-refractivity contribution is -0.119. The maximum Gasteiger partial charge on any atom is 0.230 e. The van der Waals surface area contributed by atoms with Crippen molar-refractivity contribution in [3.05, 3.63) is 48.0 Å². The van der Waals surface area contributed by atoms with Gasteiger partial charge in [-0.15, -0.1) is 0 Å². The molecule has 0 N–H and O–H groups in total. The number of amides is 1. The van der Waals surface area contributed by atoms with Crippen LogP contribution in [0, 0.1) is 5.92 Å². The van der Waals surface area contributed by atoms with Gasteiger partial charge in [0.15, 0.2) is 11.5 Å². The first-order valence-electron chi connectivity index (χ1n) is 8.22. The third-order valence-corrected chi connectivity index (χ3v) is 4.71. The van der Waals surface area contributed by atoms with Crippen molar-refractivity contribution in [1.82, 2.24) is 0 Å². The van der Waals surface area contributed by atoms with Gasteiger partial charge < -0.3 is 19.1 Å². The predicted molar refractivity (Wildman–Crippen MR) is 96.8 cm³/mol. The molecule has 1 amide bonds. The van der Waals surface area contributed by atoms with E-state index in [0.717, 1.165) is 23.4 Å². The molecule has 2 unspecified atom stereocenters. The Kier molecular flexibility index (Phi) is 4.83. The minimum Gasteiger partial charge on any atom is -0.497 e. The summed E-state index contributed by atoms with van der Waals surface area (Å²) in [5, 5.41) is 0. The molecule has 3 rings (SSSR count). The number of carbonyl (C=O) groups is 1. The summed E-state index contributed by atoms with van der Waals surface area (Å²) in [6.45, 7) is 0. The Morgan fingerprint density at radius 3 is 2.44 bits per heavy atom. The Labute approximate surface area is 148 Å². The van der Waals surface area contributed by atoms with Crippen LogP contribution in [0.3, 0.4) is 0 Å². The van der Waals surface area contributed by atoms with Gasteiger partial charge in [-0.2, -0.15) is 0 Å². The summed E-state index contributed by atoms with van der Waals surface area (Å²) in [6, 6.07) is 13.4. The number of nitrogens with zero attached hydrogens (tertiary/aromatic N) is 1. The van der Waals surface area contributed by atoms with E-state index in [4.69, 9.17) is 14.2 Å². The summed E-state index contributed by atoms with van der Waals surface area (Å²) >= 11 is 0. The molecule has 25 heavy (non-hydrogen) atoms. The van der Waals surface area contributed by atoms with Crippen LogP contribution in [0.2, 0.25) is 0 Å². The molecule has 1 aliphatic carbocycles. The standard InChI is InChI=1S/C20H23NO4/c1-21(14-8-9-18(24-3)19(11-14)25-4)20(22)17-12-16(17)13-6-5-7-15(10-13)23-2/h5-11,16-17H,12H2,1-4H3. The molecule has 0 spiro atoms. The monoisotopic (exact) mass is 341 g/mol. The summed E-state index contributed by atoms with van der Waals surface area (Å²) in [7, 11) is 6.63. The van der Waals surface area contributed by atoms with Crippen molar-refractivity contribution in [3.8, 4) is 17.2 Å². The number of carbonyl (C=O) groups excluding carboxylic acids is 1. The number of hydrogen-bond donors (Lipinski definition) is 0. The topological polar surface area (TPSA) is 48.0 Å². The van der Waals surface area contributed by atoms with Crippen molar-refractivity contribution in [1.29, 1.82) is 0 Å². The van der Waals surface area contributed by atoms with Crippen LogP contribution >= 0.6 is 0 Å². The first-order chi connectivity index (χ1) is 12.1. The van der Waals surface area contributed by atoms with E-state index < -0.39 is 0 Å². The molecule has 5 nitrogen and oxygen atoms in total. The Hall–Kier alpha value is -2.69.